The number of aliphatic hydroxyl groups is 1. The highest BCUT2D eigenvalue weighted by Gasteiger charge is 2.39. The molecule has 2 aromatic rings. The van der Waals surface area contributed by atoms with E-state index in [4.69, 9.17) is 18.9 Å². The van der Waals surface area contributed by atoms with E-state index < -0.39 is 17.7 Å². The van der Waals surface area contributed by atoms with Gasteiger partial charge in [0.05, 0.1) is 24.9 Å². The van der Waals surface area contributed by atoms with Gasteiger partial charge >= 0.3 is 5.97 Å². The van der Waals surface area contributed by atoms with Gasteiger partial charge in [0.2, 0.25) is 5.76 Å². The molecule has 3 heterocycles. The fourth-order valence-corrected chi connectivity index (χ4v) is 4.39. The fourth-order valence-electron chi connectivity index (χ4n) is 4.39. The zero-order valence-electron chi connectivity index (χ0n) is 21.3. The molecule has 1 aromatic heterocycles. The van der Waals surface area contributed by atoms with Gasteiger partial charge in [-0.25, -0.2) is 9.78 Å². The van der Waals surface area contributed by atoms with Crippen molar-refractivity contribution in [1.29, 1.82) is 0 Å². The molecule has 0 aliphatic carbocycles. The number of esters is 1. The summed E-state index contributed by atoms with van der Waals surface area (Å²) in [7, 11) is 1.60. The molecule has 1 atom stereocenters. The smallest absolute Gasteiger partial charge is 0.374 e. The normalized spacial score (nSPS) is 18.0. The van der Waals surface area contributed by atoms with Crippen LogP contribution >= 0.6 is 0 Å². The average Bonchev–Trinajstić information content (AvgIpc) is 3.41. The summed E-state index contributed by atoms with van der Waals surface area (Å²) in [5.74, 6) is 2.67. The molecule has 1 N–H and O–H groups in total. The Bertz CT molecular complexity index is 1170. The standard InChI is InChI=1S/C27H34N2O6/c1-7-33-26(30)21-13-17(8-10-29-11-9-28-23(29)12-16(2)3)24-20(34-21)15-19-18(25(24)32-6)14-22(35-19)27(4,5)31/h8-9,11,13,15-16,22,31H,7,10,12,14H2,1-6H3/b17-8+/t22-/m0/s1. The molecule has 2 aliphatic heterocycles. The Morgan fingerprint density at radius 3 is 2.80 bits per heavy atom. The largest absolute Gasteiger partial charge is 0.496 e. The number of rotatable bonds is 8. The van der Waals surface area contributed by atoms with Crippen LogP contribution < -0.4 is 14.2 Å². The van der Waals surface area contributed by atoms with E-state index in [-0.39, 0.29) is 12.4 Å². The molecule has 1 aromatic carbocycles. The molecule has 0 fully saturated rings. The number of ether oxygens (including phenoxy) is 4. The Labute approximate surface area is 206 Å². The maximum atomic E-state index is 12.6. The highest BCUT2D eigenvalue weighted by Crippen LogP contribution is 2.50. The molecule has 0 bridgehead atoms. The Morgan fingerprint density at radius 1 is 1.37 bits per heavy atom. The van der Waals surface area contributed by atoms with Crippen molar-refractivity contribution >= 4 is 11.5 Å². The minimum absolute atomic E-state index is 0.0951. The molecule has 0 amide bonds. The number of hydrogen-bond acceptors (Lipinski definition) is 7. The average molecular weight is 483 g/mol. The van der Waals surface area contributed by atoms with Crippen LogP contribution in [0.25, 0.3) is 5.57 Å². The molecular weight excluding hydrogens is 448 g/mol. The molecule has 8 nitrogen and oxygen atoms in total. The summed E-state index contributed by atoms with van der Waals surface area (Å²) < 4.78 is 25.2. The number of fused-ring (bicyclic) bond motifs is 2. The molecular formula is C27H34N2O6. The molecule has 0 saturated heterocycles. The van der Waals surface area contributed by atoms with E-state index in [1.54, 1.807) is 46.2 Å². The highest BCUT2D eigenvalue weighted by atomic mass is 16.6. The van der Waals surface area contributed by atoms with Crippen LogP contribution in [0.15, 0.2) is 36.4 Å². The quantitative estimate of drug-likeness (QED) is 0.567. The van der Waals surface area contributed by atoms with Crippen LogP contribution in [0.5, 0.6) is 17.2 Å². The van der Waals surface area contributed by atoms with Crippen LogP contribution in [0.2, 0.25) is 0 Å². The second-order valence-corrected chi connectivity index (χ2v) is 9.81. The number of benzene rings is 1. The fraction of sp³-hybridized carbons (Fsp3) is 0.481. The van der Waals surface area contributed by atoms with Crippen LogP contribution in [0.1, 0.15) is 51.6 Å². The SMILES string of the molecule is CCOC(=O)C1=C/C(=C\Cn2ccnc2CC(C)C)c2c(cc3c(c2OC)C[C@@H](C(C)(C)O)O3)O1. The van der Waals surface area contributed by atoms with Crippen molar-refractivity contribution in [1.82, 2.24) is 9.55 Å². The van der Waals surface area contributed by atoms with Crippen molar-refractivity contribution < 1.29 is 28.8 Å². The Hall–Kier alpha value is -3.26. The predicted octanol–water partition coefficient (Wildman–Crippen LogP) is 4.09. The third-order valence-electron chi connectivity index (χ3n) is 6.13. The Balaban J connectivity index is 1.78. The maximum Gasteiger partial charge on any atom is 0.374 e. The molecule has 4 rings (SSSR count). The topological polar surface area (TPSA) is 92.0 Å². The van der Waals surface area contributed by atoms with Crippen molar-refractivity contribution in [2.24, 2.45) is 5.92 Å². The first-order chi connectivity index (χ1) is 16.6. The lowest BCUT2D eigenvalue weighted by Gasteiger charge is -2.24. The number of nitrogens with zero attached hydrogens (tertiary/aromatic N) is 2. The number of carbonyl (C=O) groups excluding carboxylic acids is 1. The lowest BCUT2D eigenvalue weighted by Crippen LogP contribution is -2.39. The zero-order valence-corrected chi connectivity index (χ0v) is 21.3. The number of methoxy groups -OCH3 is 1. The van der Waals surface area contributed by atoms with Crippen molar-refractivity contribution in [2.45, 2.75) is 65.7 Å². The van der Waals surface area contributed by atoms with Crippen LogP contribution in [0.4, 0.5) is 0 Å². The molecule has 188 valence electrons. The third kappa shape index (κ3) is 5.07. The number of hydrogen-bond donors (Lipinski definition) is 1. The van der Waals surface area contributed by atoms with Gasteiger partial charge in [-0.1, -0.05) is 19.9 Å². The molecule has 0 radical (unpaired) electrons. The van der Waals surface area contributed by atoms with Gasteiger partial charge in [0.15, 0.2) is 0 Å². The van der Waals surface area contributed by atoms with Crippen molar-refractivity contribution in [3.05, 3.63) is 53.3 Å². The van der Waals surface area contributed by atoms with Gasteiger partial charge in [0.1, 0.15) is 29.2 Å². The summed E-state index contributed by atoms with van der Waals surface area (Å²) in [6.07, 6.45) is 8.41. The van der Waals surface area contributed by atoms with E-state index in [0.717, 1.165) is 28.9 Å². The van der Waals surface area contributed by atoms with Crippen LogP contribution in [-0.4, -0.2) is 46.0 Å². The number of aromatic nitrogens is 2. The summed E-state index contributed by atoms with van der Waals surface area (Å²) in [5.41, 5.74) is 1.35. The van der Waals surface area contributed by atoms with Crippen molar-refractivity contribution in [2.75, 3.05) is 13.7 Å². The molecule has 35 heavy (non-hydrogen) atoms. The summed E-state index contributed by atoms with van der Waals surface area (Å²) in [6.45, 7) is 10.3. The summed E-state index contributed by atoms with van der Waals surface area (Å²) in [4.78, 5) is 17.1. The van der Waals surface area contributed by atoms with Gasteiger partial charge in [-0.2, -0.15) is 0 Å². The third-order valence-corrected chi connectivity index (χ3v) is 6.13. The highest BCUT2D eigenvalue weighted by molar-refractivity contribution is 5.95. The van der Waals surface area contributed by atoms with E-state index in [1.807, 2.05) is 12.3 Å². The van der Waals surface area contributed by atoms with E-state index in [0.29, 0.717) is 36.1 Å². The van der Waals surface area contributed by atoms with Crippen LogP contribution in [-0.2, 0) is 28.9 Å². The molecule has 0 spiro atoms. The molecule has 0 unspecified atom stereocenters. The summed E-state index contributed by atoms with van der Waals surface area (Å²) in [5, 5.41) is 10.5. The lowest BCUT2D eigenvalue weighted by molar-refractivity contribution is -0.141. The van der Waals surface area contributed by atoms with Gasteiger partial charge < -0.3 is 28.6 Å². The van der Waals surface area contributed by atoms with Gasteiger partial charge in [-0.3, -0.25) is 0 Å². The van der Waals surface area contributed by atoms with E-state index >= 15 is 0 Å². The van der Waals surface area contributed by atoms with E-state index in [9.17, 15) is 9.90 Å². The second-order valence-electron chi connectivity index (χ2n) is 9.81. The monoisotopic (exact) mass is 482 g/mol. The van der Waals surface area contributed by atoms with Gasteiger partial charge in [0, 0.05) is 43.4 Å². The Morgan fingerprint density at radius 2 is 2.14 bits per heavy atom. The summed E-state index contributed by atoms with van der Waals surface area (Å²) in [6, 6.07) is 1.76. The maximum absolute atomic E-state index is 12.6. The second kappa shape index (κ2) is 9.77. The van der Waals surface area contributed by atoms with E-state index in [1.165, 1.54) is 0 Å². The Kier molecular flexibility index (Phi) is 6.94. The van der Waals surface area contributed by atoms with Gasteiger partial charge in [-0.05, 0) is 38.3 Å². The minimum Gasteiger partial charge on any atom is -0.496 e. The van der Waals surface area contributed by atoms with Crippen LogP contribution in [0.3, 0.4) is 0 Å². The van der Waals surface area contributed by atoms with Gasteiger partial charge in [0.25, 0.3) is 0 Å². The number of imidazole rings is 1. The summed E-state index contributed by atoms with van der Waals surface area (Å²) >= 11 is 0. The first-order valence-corrected chi connectivity index (χ1v) is 12.0. The van der Waals surface area contributed by atoms with Crippen molar-refractivity contribution in [3.8, 4) is 17.2 Å². The van der Waals surface area contributed by atoms with E-state index in [2.05, 4.69) is 23.4 Å². The van der Waals surface area contributed by atoms with Crippen molar-refractivity contribution in [3.63, 3.8) is 0 Å². The molecule has 2 aliphatic rings. The van der Waals surface area contributed by atoms with Crippen LogP contribution in [0, 0.1) is 5.92 Å². The minimum atomic E-state index is -1.04. The number of allylic oxidation sites excluding steroid dienone is 3. The first-order valence-electron chi connectivity index (χ1n) is 12.0. The van der Waals surface area contributed by atoms with Gasteiger partial charge in [-0.15, -0.1) is 0 Å². The zero-order chi connectivity index (χ0) is 25.3. The predicted molar refractivity (Wildman–Crippen MR) is 132 cm³/mol. The molecule has 0 saturated carbocycles. The first kappa shape index (κ1) is 24.9. The lowest BCUT2D eigenvalue weighted by atomic mass is 9.92. The number of carbonyl (C=O) groups is 1. The molecule has 8 heteroatoms.